The van der Waals surface area contributed by atoms with Crippen LogP contribution in [0, 0.1) is 0 Å². The molecule has 1 aliphatic rings. The van der Waals surface area contributed by atoms with Gasteiger partial charge in [-0.2, -0.15) is 0 Å². The lowest BCUT2D eigenvalue weighted by atomic mass is 9.99. The fraction of sp³-hybridized carbons (Fsp3) is 0.830. The Hall–Kier alpha value is -2.08. The first kappa shape index (κ1) is 52.9. The van der Waals surface area contributed by atoms with Crippen LogP contribution in [0.3, 0.4) is 0 Å². The molecule has 0 aliphatic carbocycles. The predicted octanol–water partition coefficient (Wildman–Crippen LogP) is 9.89. The van der Waals surface area contributed by atoms with Gasteiger partial charge >= 0.3 is 11.9 Å². The number of hydrogen-bond donors (Lipinski definition) is 4. The van der Waals surface area contributed by atoms with Crippen LogP contribution in [0.1, 0.15) is 194 Å². The van der Waals surface area contributed by atoms with Crippen molar-refractivity contribution >= 4 is 11.9 Å². The zero-order chi connectivity index (χ0) is 41.6. The molecule has 10 heteroatoms. The molecule has 1 rings (SSSR count). The predicted molar refractivity (Wildman–Crippen MR) is 229 cm³/mol. The molecule has 57 heavy (non-hydrogen) atoms. The average molecular weight is 809 g/mol. The molecule has 332 valence electrons. The van der Waals surface area contributed by atoms with Crippen molar-refractivity contribution in [2.75, 3.05) is 19.8 Å². The second-order valence-electron chi connectivity index (χ2n) is 15.8. The van der Waals surface area contributed by atoms with Crippen LogP contribution in [0.5, 0.6) is 0 Å². The fourth-order valence-electron chi connectivity index (χ4n) is 6.80. The maximum atomic E-state index is 12.8. The Morgan fingerprint density at radius 3 is 1.51 bits per heavy atom. The topological polar surface area (TPSA) is 152 Å². The lowest BCUT2D eigenvalue weighted by Crippen LogP contribution is -2.59. The Morgan fingerprint density at radius 1 is 0.544 bits per heavy atom. The smallest absolute Gasteiger partial charge is 0.306 e. The molecule has 0 spiro atoms. The van der Waals surface area contributed by atoms with Crippen molar-refractivity contribution in [1.29, 1.82) is 0 Å². The van der Waals surface area contributed by atoms with E-state index >= 15 is 0 Å². The SMILES string of the molecule is CCCCC/C=C\C/C=C\CCCCCCCC(=O)O[C@H](COC(=O)CCCCCCCCC/C=C\CCCCCCCC)CO[C@@H]1O[C@H](CO)[C@H](O)[C@H](O)[C@H]1O. The third kappa shape index (κ3) is 29.7. The van der Waals surface area contributed by atoms with E-state index in [4.69, 9.17) is 18.9 Å². The van der Waals surface area contributed by atoms with Gasteiger partial charge in [0.1, 0.15) is 31.0 Å². The number of aliphatic hydroxyl groups is 4. The molecule has 1 saturated heterocycles. The van der Waals surface area contributed by atoms with Crippen LogP contribution in [0.2, 0.25) is 0 Å². The number of hydrogen-bond acceptors (Lipinski definition) is 10. The maximum absolute atomic E-state index is 12.8. The molecule has 0 radical (unpaired) electrons. The molecule has 6 atom stereocenters. The molecule has 0 amide bonds. The number of carbonyl (C=O) groups excluding carboxylic acids is 2. The summed E-state index contributed by atoms with van der Waals surface area (Å²) in [5.41, 5.74) is 0. The minimum absolute atomic E-state index is 0.213. The van der Waals surface area contributed by atoms with Crippen LogP contribution in [0.4, 0.5) is 0 Å². The van der Waals surface area contributed by atoms with E-state index in [0.717, 1.165) is 77.0 Å². The fourth-order valence-corrected chi connectivity index (χ4v) is 6.80. The molecule has 0 saturated carbocycles. The van der Waals surface area contributed by atoms with Gasteiger partial charge in [0.25, 0.3) is 0 Å². The van der Waals surface area contributed by atoms with Gasteiger partial charge in [-0.1, -0.05) is 147 Å². The normalized spacial score (nSPS) is 20.6. The summed E-state index contributed by atoms with van der Waals surface area (Å²) in [5, 5.41) is 40.1. The van der Waals surface area contributed by atoms with Gasteiger partial charge in [-0.05, 0) is 70.6 Å². The van der Waals surface area contributed by atoms with E-state index in [-0.39, 0.29) is 32.0 Å². The van der Waals surface area contributed by atoms with Gasteiger partial charge in [0.05, 0.1) is 13.2 Å². The number of ether oxygens (including phenoxy) is 4. The van der Waals surface area contributed by atoms with Crippen LogP contribution < -0.4 is 0 Å². The molecule has 0 aromatic carbocycles. The highest BCUT2D eigenvalue weighted by Gasteiger charge is 2.44. The number of aliphatic hydroxyl groups excluding tert-OH is 4. The number of allylic oxidation sites excluding steroid dienone is 6. The molecular formula is C47H84O10. The molecule has 0 unspecified atom stereocenters. The highest BCUT2D eigenvalue weighted by molar-refractivity contribution is 5.70. The zero-order valence-electron chi connectivity index (χ0n) is 36.1. The number of esters is 2. The first-order valence-electron chi connectivity index (χ1n) is 23.1. The second-order valence-corrected chi connectivity index (χ2v) is 15.8. The molecule has 1 fully saturated rings. The third-order valence-electron chi connectivity index (χ3n) is 10.5. The molecule has 1 aliphatic heterocycles. The zero-order valence-corrected chi connectivity index (χ0v) is 36.1. The van der Waals surface area contributed by atoms with E-state index in [1.54, 1.807) is 0 Å². The summed E-state index contributed by atoms with van der Waals surface area (Å²) in [6.07, 6.45) is 35.7. The minimum atomic E-state index is -1.60. The van der Waals surface area contributed by atoms with E-state index in [1.807, 2.05) is 0 Å². The van der Waals surface area contributed by atoms with Gasteiger partial charge in [0, 0.05) is 12.8 Å². The minimum Gasteiger partial charge on any atom is -0.462 e. The Bertz CT molecular complexity index is 1030. The maximum Gasteiger partial charge on any atom is 0.306 e. The standard InChI is InChI=1S/C47H84O10/c1-3-5-7-9-11-13-15-17-19-20-22-23-25-27-29-31-33-35-42(49)54-38-40(39-55-47-46(53)45(52)44(51)41(37-48)57-47)56-43(50)36-34-32-30-28-26-24-21-18-16-14-12-10-8-6-4-2/h12,14,17-19,21,40-41,44-48,51-53H,3-11,13,15-16,20,22-39H2,1-2H3/b14-12-,19-17-,21-18-/t40-,41-,44+,45+,46-,47-/m1/s1. The number of unbranched alkanes of at least 4 members (excludes halogenated alkanes) is 21. The van der Waals surface area contributed by atoms with Gasteiger partial charge in [0.2, 0.25) is 0 Å². The average Bonchev–Trinajstić information content (AvgIpc) is 3.21. The van der Waals surface area contributed by atoms with Crippen molar-refractivity contribution in [3.63, 3.8) is 0 Å². The van der Waals surface area contributed by atoms with Crippen LogP contribution in [-0.2, 0) is 28.5 Å². The summed E-state index contributed by atoms with van der Waals surface area (Å²) < 4.78 is 22.2. The summed E-state index contributed by atoms with van der Waals surface area (Å²) in [6, 6.07) is 0. The van der Waals surface area contributed by atoms with Gasteiger partial charge in [-0.3, -0.25) is 9.59 Å². The lowest BCUT2D eigenvalue weighted by molar-refractivity contribution is -0.305. The molecule has 4 N–H and O–H groups in total. The summed E-state index contributed by atoms with van der Waals surface area (Å²) in [7, 11) is 0. The van der Waals surface area contributed by atoms with Crippen LogP contribution in [-0.4, -0.2) is 89.0 Å². The number of carbonyl (C=O) groups is 2. The summed E-state index contributed by atoms with van der Waals surface area (Å²) in [6.45, 7) is 3.38. The molecule has 10 nitrogen and oxygen atoms in total. The molecule has 1 heterocycles. The van der Waals surface area contributed by atoms with Crippen molar-refractivity contribution in [2.45, 2.75) is 230 Å². The van der Waals surface area contributed by atoms with E-state index in [1.165, 1.54) is 83.5 Å². The number of rotatable bonds is 38. The monoisotopic (exact) mass is 809 g/mol. The van der Waals surface area contributed by atoms with Crippen molar-refractivity contribution in [2.24, 2.45) is 0 Å². The van der Waals surface area contributed by atoms with E-state index in [2.05, 4.69) is 50.3 Å². The highest BCUT2D eigenvalue weighted by Crippen LogP contribution is 2.22. The van der Waals surface area contributed by atoms with Crippen molar-refractivity contribution in [3.8, 4) is 0 Å². The van der Waals surface area contributed by atoms with E-state index < -0.39 is 49.4 Å². The van der Waals surface area contributed by atoms with Gasteiger partial charge in [-0.15, -0.1) is 0 Å². The second kappa shape index (κ2) is 38.1. The van der Waals surface area contributed by atoms with Crippen molar-refractivity contribution in [1.82, 2.24) is 0 Å². The Kier molecular flexibility index (Phi) is 35.4. The van der Waals surface area contributed by atoms with Crippen LogP contribution in [0.15, 0.2) is 36.5 Å². The van der Waals surface area contributed by atoms with Gasteiger partial charge in [0.15, 0.2) is 12.4 Å². The quantitative estimate of drug-likeness (QED) is 0.0270. The molecule has 0 aromatic rings. The van der Waals surface area contributed by atoms with E-state index in [9.17, 15) is 30.0 Å². The van der Waals surface area contributed by atoms with E-state index in [0.29, 0.717) is 6.42 Å². The van der Waals surface area contributed by atoms with Crippen LogP contribution >= 0.6 is 0 Å². The van der Waals surface area contributed by atoms with Crippen molar-refractivity contribution < 1.29 is 49.0 Å². The van der Waals surface area contributed by atoms with Crippen LogP contribution in [0.25, 0.3) is 0 Å². The lowest BCUT2D eigenvalue weighted by Gasteiger charge is -2.39. The van der Waals surface area contributed by atoms with Crippen molar-refractivity contribution in [3.05, 3.63) is 36.5 Å². The Labute approximate surface area is 346 Å². The molecule has 0 aromatic heterocycles. The summed E-state index contributed by atoms with van der Waals surface area (Å²) >= 11 is 0. The Morgan fingerprint density at radius 2 is 0.982 bits per heavy atom. The largest absolute Gasteiger partial charge is 0.462 e. The van der Waals surface area contributed by atoms with Gasteiger partial charge < -0.3 is 39.4 Å². The molecular weight excluding hydrogens is 725 g/mol. The molecule has 0 bridgehead atoms. The van der Waals surface area contributed by atoms with Gasteiger partial charge in [-0.25, -0.2) is 0 Å². The summed E-state index contributed by atoms with van der Waals surface area (Å²) in [5.74, 6) is -0.825. The Balaban J connectivity index is 2.33. The highest BCUT2D eigenvalue weighted by atomic mass is 16.7. The first-order valence-corrected chi connectivity index (χ1v) is 23.1. The summed E-state index contributed by atoms with van der Waals surface area (Å²) in [4.78, 5) is 25.3. The third-order valence-corrected chi connectivity index (χ3v) is 10.5. The first-order chi connectivity index (χ1) is 27.8.